The third-order valence-electron chi connectivity index (χ3n) is 3.18. The van der Waals surface area contributed by atoms with Crippen LogP contribution in [0.2, 0.25) is 0 Å². The van der Waals surface area contributed by atoms with Gasteiger partial charge in [0, 0.05) is 13.1 Å². The second-order valence-electron chi connectivity index (χ2n) is 4.68. The van der Waals surface area contributed by atoms with Gasteiger partial charge in [0.1, 0.15) is 5.60 Å². The van der Waals surface area contributed by atoms with Gasteiger partial charge in [0.2, 0.25) is 0 Å². The third kappa shape index (κ3) is 2.82. The first-order chi connectivity index (χ1) is 7.72. The summed E-state index contributed by atoms with van der Waals surface area (Å²) in [6, 6.07) is 10.2. The number of aliphatic hydroxyl groups excluding tert-OH is 1. The highest BCUT2D eigenvalue weighted by Crippen LogP contribution is 2.21. The van der Waals surface area contributed by atoms with Crippen LogP contribution >= 0.6 is 0 Å². The Morgan fingerprint density at radius 3 is 2.69 bits per heavy atom. The molecule has 16 heavy (non-hydrogen) atoms. The largest absolute Gasteiger partial charge is 0.393 e. The van der Waals surface area contributed by atoms with E-state index in [-0.39, 0.29) is 6.61 Å². The number of aliphatic hydroxyl groups is 2. The summed E-state index contributed by atoms with van der Waals surface area (Å²) >= 11 is 0. The van der Waals surface area contributed by atoms with Crippen molar-refractivity contribution in [3.63, 3.8) is 0 Å². The van der Waals surface area contributed by atoms with Gasteiger partial charge in [-0.2, -0.15) is 0 Å². The molecule has 1 saturated heterocycles. The van der Waals surface area contributed by atoms with Gasteiger partial charge in [-0.25, -0.2) is 0 Å². The Hall–Kier alpha value is -0.900. The summed E-state index contributed by atoms with van der Waals surface area (Å²) < 4.78 is 0. The Bertz CT molecular complexity index is 328. The molecule has 3 heteroatoms. The van der Waals surface area contributed by atoms with Crippen molar-refractivity contribution >= 4 is 0 Å². The van der Waals surface area contributed by atoms with Crippen molar-refractivity contribution in [3.05, 3.63) is 35.9 Å². The summed E-state index contributed by atoms with van der Waals surface area (Å²) in [6.45, 7) is 2.27. The van der Waals surface area contributed by atoms with Crippen molar-refractivity contribution in [3.8, 4) is 0 Å². The van der Waals surface area contributed by atoms with E-state index in [1.54, 1.807) is 0 Å². The molecule has 1 heterocycles. The Labute approximate surface area is 96.3 Å². The normalized spacial score (nSPS) is 26.9. The highest BCUT2D eigenvalue weighted by molar-refractivity contribution is 5.14. The van der Waals surface area contributed by atoms with Crippen molar-refractivity contribution in [2.45, 2.75) is 25.0 Å². The van der Waals surface area contributed by atoms with Gasteiger partial charge in [-0.3, -0.25) is 4.90 Å². The van der Waals surface area contributed by atoms with Crippen LogP contribution in [0.15, 0.2) is 30.3 Å². The average Bonchev–Trinajstić information content (AvgIpc) is 2.30. The van der Waals surface area contributed by atoms with Crippen LogP contribution in [-0.4, -0.2) is 40.4 Å². The number of nitrogens with zero attached hydrogens (tertiary/aromatic N) is 1. The third-order valence-corrected chi connectivity index (χ3v) is 3.18. The van der Waals surface area contributed by atoms with Gasteiger partial charge in [-0.15, -0.1) is 0 Å². The summed E-state index contributed by atoms with van der Waals surface area (Å²) in [7, 11) is 0. The van der Waals surface area contributed by atoms with Crippen LogP contribution in [0, 0.1) is 0 Å². The molecule has 1 aromatic rings. The van der Waals surface area contributed by atoms with E-state index in [0.717, 1.165) is 19.5 Å². The number of β-amino-alcohol motifs (C(OH)–C–C–N with tert-alkyl or cyclic N) is 1. The van der Waals surface area contributed by atoms with Crippen molar-refractivity contribution in [1.29, 1.82) is 0 Å². The maximum atomic E-state index is 10.0. The highest BCUT2D eigenvalue weighted by atomic mass is 16.3. The molecule has 2 rings (SSSR count). The Morgan fingerprint density at radius 2 is 2.00 bits per heavy atom. The molecule has 1 atom stereocenters. The molecule has 0 aliphatic carbocycles. The monoisotopic (exact) mass is 221 g/mol. The van der Waals surface area contributed by atoms with Crippen LogP contribution in [0.5, 0.6) is 0 Å². The van der Waals surface area contributed by atoms with E-state index in [9.17, 15) is 5.11 Å². The van der Waals surface area contributed by atoms with Gasteiger partial charge in [0.25, 0.3) is 0 Å². The summed E-state index contributed by atoms with van der Waals surface area (Å²) in [6.07, 6.45) is 1.65. The topological polar surface area (TPSA) is 43.7 Å². The van der Waals surface area contributed by atoms with Gasteiger partial charge in [-0.1, -0.05) is 30.3 Å². The van der Waals surface area contributed by atoms with Crippen molar-refractivity contribution in [1.82, 2.24) is 4.90 Å². The molecule has 1 aromatic carbocycles. The predicted octanol–water partition coefficient (Wildman–Crippen LogP) is 1.01. The molecular formula is C13H19NO2. The molecule has 88 valence electrons. The fraction of sp³-hybridized carbons (Fsp3) is 0.538. The van der Waals surface area contributed by atoms with Gasteiger partial charge in [-0.05, 0) is 24.9 Å². The summed E-state index contributed by atoms with van der Waals surface area (Å²) in [5.74, 6) is 0. The molecule has 0 spiro atoms. The molecule has 0 saturated carbocycles. The first kappa shape index (κ1) is 11.6. The average molecular weight is 221 g/mol. The number of likely N-dealkylation sites (tertiary alicyclic amines) is 1. The van der Waals surface area contributed by atoms with Crippen LogP contribution in [0.1, 0.15) is 18.4 Å². The Balaban J connectivity index is 1.96. The Morgan fingerprint density at radius 1 is 1.25 bits per heavy atom. The van der Waals surface area contributed by atoms with Crippen LogP contribution in [0.25, 0.3) is 0 Å². The molecule has 0 aromatic heterocycles. The molecule has 1 aliphatic rings. The van der Waals surface area contributed by atoms with Crippen molar-refractivity contribution in [2.24, 2.45) is 0 Å². The molecule has 0 bridgehead atoms. The molecule has 2 N–H and O–H groups in total. The van der Waals surface area contributed by atoms with E-state index < -0.39 is 5.60 Å². The zero-order valence-corrected chi connectivity index (χ0v) is 9.47. The quantitative estimate of drug-likeness (QED) is 0.800. The van der Waals surface area contributed by atoms with E-state index in [1.165, 1.54) is 5.56 Å². The standard InChI is InChI=1S/C13H19NO2/c15-11-13(16)7-4-8-14(10-13)9-12-5-2-1-3-6-12/h1-3,5-6,15-16H,4,7-11H2. The predicted molar refractivity (Wildman–Crippen MR) is 63.0 cm³/mol. The van der Waals surface area contributed by atoms with Gasteiger partial charge < -0.3 is 10.2 Å². The first-order valence-electron chi connectivity index (χ1n) is 5.81. The maximum absolute atomic E-state index is 10.0. The SMILES string of the molecule is OCC1(O)CCCN(Cc2ccccc2)C1. The van der Waals surface area contributed by atoms with Crippen molar-refractivity contribution in [2.75, 3.05) is 19.7 Å². The second-order valence-corrected chi connectivity index (χ2v) is 4.68. The lowest BCUT2D eigenvalue weighted by Crippen LogP contribution is -2.49. The lowest BCUT2D eigenvalue weighted by Gasteiger charge is -2.38. The molecule has 0 radical (unpaired) electrons. The van der Waals surface area contributed by atoms with Gasteiger partial charge in [0.05, 0.1) is 6.61 Å². The van der Waals surface area contributed by atoms with E-state index >= 15 is 0 Å². The van der Waals surface area contributed by atoms with E-state index in [2.05, 4.69) is 17.0 Å². The fourth-order valence-corrected chi connectivity index (χ4v) is 2.31. The molecule has 0 amide bonds. The van der Waals surface area contributed by atoms with Crippen molar-refractivity contribution < 1.29 is 10.2 Å². The molecule has 1 aliphatic heterocycles. The zero-order valence-electron chi connectivity index (χ0n) is 9.47. The minimum Gasteiger partial charge on any atom is -0.393 e. The van der Waals surface area contributed by atoms with Gasteiger partial charge >= 0.3 is 0 Å². The molecular weight excluding hydrogens is 202 g/mol. The minimum atomic E-state index is -0.896. The maximum Gasteiger partial charge on any atom is 0.100 e. The molecule has 1 fully saturated rings. The summed E-state index contributed by atoms with van der Waals surface area (Å²) in [5.41, 5.74) is 0.359. The van der Waals surface area contributed by atoms with Crippen LogP contribution < -0.4 is 0 Å². The summed E-state index contributed by atoms with van der Waals surface area (Å²) in [5, 5.41) is 19.2. The van der Waals surface area contributed by atoms with Crippen LogP contribution in [0.4, 0.5) is 0 Å². The molecule has 3 nitrogen and oxygen atoms in total. The summed E-state index contributed by atoms with van der Waals surface area (Å²) in [4.78, 5) is 2.20. The minimum absolute atomic E-state index is 0.141. The number of hydrogen-bond donors (Lipinski definition) is 2. The molecule has 1 unspecified atom stereocenters. The second kappa shape index (κ2) is 4.95. The smallest absolute Gasteiger partial charge is 0.100 e. The number of rotatable bonds is 3. The van der Waals surface area contributed by atoms with E-state index in [1.807, 2.05) is 18.2 Å². The number of piperidine rings is 1. The fourth-order valence-electron chi connectivity index (χ4n) is 2.31. The van der Waals surface area contributed by atoms with Gasteiger partial charge in [0.15, 0.2) is 0 Å². The van der Waals surface area contributed by atoms with Crippen LogP contribution in [0.3, 0.4) is 0 Å². The van der Waals surface area contributed by atoms with E-state index in [4.69, 9.17) is 5.11 Å². The zero-order chi connectivity index (χ0) is 11.4. The lowest BCUT2D eigenvalue weighted by atomic mass is 9.93. The lowest BCUT2D eigenvalue weighted by molar-refractivity contribution is -0.0687. The Kier molecular flexibility index (Phi) is 3.59. The first-order valence-corrected chi connectivity index (χ1v) is 5.81. The van der Waals surface area contributed by atoms with Crippen LogP contribution in [-0.2, 0) is 6.54 Å². The number of hydrogen-bond acceptors (Lipinski definition) is 3. The number of benzene rings is 1. The highest BCUT2D eigenvalue weighted by Gasteiger charge is 2.32. The van der Waals surface area contributed by atoms with E-state index in [0.29, 0.717) is 13.0 Å².